The van der Waals surface area contributed by atoms with Gasteiger partial charge in [-0.3, -0.25) is 0 Å². The number of aromatic nitrogens is 1. The van der Waals surface area contributed by atoms with Crippen molar-refractivity contribution < 1.29 is 5.11 Å². The number of halogens is 1. The standard InChI is InChI=1S/C14H15BrN2O/c1-10-7-14(16-8-12(10)15)17-9-13(18)11-5-3-2-4-6-11/h2-8,13,18H,9H2,1H3,(H,16,17). The number of nitrogens with zero attached hydrogens (tertiary/aromatic N) is 1. The predicted molar refractivity (Wildman–Crippen MR) is 76.6 cm³/mol. The molecule has 1 heterocycles. The summed E-state index contributed by atoms with van der Waals surface area (Å²) in [4.78, 5) is 4.24. The van der Waals surface area contributed by atoms with Crippen molar-refractivity contribution >= 4 is 21.7 Å². The maximum Gasteiger partial charge on any atom is 0.126 e. The van der Waals surface area contributed by atoms with Gasteiger partial charge in [0.25, 0.3) is 0 Å². The Kier molecular flexibility index (Phi) is 4.33. The Bertz CT molecular complexity index is 516. The average molecular weight is 307 g/mol. The lowest BCUT2D eigenvalue weighted by Gasteiger charge is -2.13. The molecule has 0 amide bonds. The molecule has 1 aromatic heterocycles. The smallest absolute Gasteiger partial charge is 0.126 e. The van der Waals surface area contributed by atoms with E-state index in [4.69, 9.17) is 0 Å². The molecule has 2 N–H and O–H groups in total. The molecular formula is C14H15BrN2O. The molecule has 4 heteroatoms. The van der Waals surface area contributed by atoms with Crippen LogP contribution in [0, 0.1) is 6.92 Å². The Labute approximate surface area is 115 Å². The molecule has 1 unspecified atom stereocenters. The normalized spacial score (nSPS) is 12.2. The molecule has 1 aromatic carbocycles. The maximum atomic E-state index is 10.0. The number of aliphatic hydroxyl groups excluding tert-OH is 1. The lowest BCUT2D eigenvalue weighted by Crippen LogP contribution is -2.12. The number of pyridine rings is 1. The molecule has 0 aliphatic heterocycles. The zero-order valence-electron chi connectivity index (χ0n) is 10.1. The third-order valence-electron chi connectivity index (χ3n) is 2.71. The van der Waals surface area contributed by atoms with Crippen LogP contribution < -0.4 is 5.32 Å². The quantitative estimate of drug-likeness (QED) is 0.911. The molecule has 2 aromatic rings. The molecule has 0 fully saturated rings. The fraction of sp³-hybridized carbons (Fsp3) is 0.214. The van der Waals surface area contributed by atoms with Gasteiger partial charge in [0.1, 0.15) is 5.82 Å². The van der Waals surface area contributed by atoms with Crippen LogP contribution in [-0.2, 0) is 0 Å². The first-order chi connectivity index (χ1) is 8.66. The van der Waals surface area contributed by atoms with Gasteiger partial charge in [0.2, 0.25) is 0 Å². The van der Waals surface area contributed by atoms with Crippen LogP contribution in [0.1, 0.15) is 17.2 Å². The van der Waals surface area contributed by atoms with Gasteiger partial charge in [0.15, 0.2) is 0 Å². The molecule has 0 aliphatic rings. The number of aliphatic hydroxyl groups is 1. The van der Waals surface area contributed by atoms with Crippen molar-refractivity contribution in [3.63, 3.8) is 0 Å². The number of benzene rings is 1. The Balaban J connectivity index is 1.97. The highest BCUT2D eigenvalue weighted by Gasteiger charge is 2.07. The number of hydrogen-bond donors (Lipinski definition) is 2. The van der Waals surface area contributed by atoms with E-state index >= 15 is 0 Å². The van der Waals surface area contributed by atoms with Crippen molar-refractivity contribution in [3.8, 4) is 0 Å². The fourth-order valence-electron chi connectivity index (χ4n) is 1.63. The summed E-state index contributed by atoms with van der Waals surface area (Å²) >= 11 is 3.41. The average Bonchev–Trinajstić information content (AvgIpc) is 2.41. The first-order valence-corrected chi connectivity index (χ1v) is 6.55. The molecule has 0 aliphatic carbocycles. The van der Waals surface area contributed by atoms with E-state index in [1.165, 1.54) is 0 Å². The summed E-state index contributed by atoms with van der Waals surface area (Å²) in [5, 5.41) is 13.1. The summed E-state index contributed by atoms with van der Waals surface area (Å²) < 4.78 is 0.983. The van der Waals surface area contributed by atoms with Crippen molar-refractivity contribution in [1.82, 2.24) is 4.98 Å². The lowest BCUT2D eigenvalue weighted by molar-refractivity contribution is 0.191. The minimum Gasteiger partial charge on any atom is -0.387 e. The zero-order chi connectivity index (χ0) is 13.0. The summed E-state index contributed by atoms with van der Waals surface area (Å²) in [5.41, 5.74) is 2.01. The van der Waals surface area contributed by atoms with E-state index < -0.39 is 6.10 Å². The molecule has 0 bridgehead atoms. The number of aryl methyl sites for hydroxylation is 1. The van der Waals surface area contributed by atoms with Gasteiger partial charge < -0.3 is 10.4 Å². The molecule has 0 radical (unpaired) electrons. The van der Waals surface area contributed by atoms with Gasteiger partial charge in [0, 0.05) is 17.2 Å². The number of anilines is 1. The van der Waals surface area contributed by atoms with Crippen LogP contribution in [0.3, 0.4) is 0 Å². The van der Waals surface area contributed by atoms with Gasteiger partial charge in [-0.2, -0.15) is 0 Å². The van der Waals surface area contributed by atoms with Crippen LogP contribution in [0.5, 0.6) is 0 Å². The fourth-order valence-corrected chi connectivity index (χ4v) is 1.85. The third kappa shape index (κ3) is 3.31. The van der Waals surface area contributed by atoms with Crippen molar-refractivity contribution in [1.29, 1.82) is 0 Å². The van der Waals surface area contributed by atoms with Crippen LogP contribution in [0.15, 0.2) is 47.1 Å². The summed E-state index contributed by atoms with van der Waals surface area (Å²) in [6, 6.07) is 11.5. The molecular weight excluding hydrogens is 292 g/mol. The van der Waals surface area contributed by atoms with E-state index in [1.807, 2.05) is 43.3 Å². The van der Waals surface area contributed by atoms with Crippen LogP contribution in [-0.4, -0.2) is 16.6 Å². The van der Waals surface area contributed by atoms with Crippen molar-refractivity contribution in [3.05, 3.63) is 58.2 Å². The van der Waals surface area contributed by atoms with E-state index in [0.717, 1.165) is 21.4 Å². The van der Waals surface area contributed by atoms with E-state index in [2.05, 4.69) is 26.2 Å². The summed E-state index contributed by atoms with van der Waals surface area (Å²) in [5.74, 6) is 0.769. The van der Waals surface area contributed by atoms with Crippen LogP contribution in [0.25, 0.3) is 0 Å². The first-order valence-electron chi connectivity index (χ1n) is 5.76. The second-order valence-corrected chi connectivity index (χ2v) is 4.98. The Hall–Kier alpha value is -1.39. The molecule has 3 nitrogen and oxygen atoms in total. The van der Waals surface area contributed by atoms with Crippen LogP contribution in [0.4, 0.5) is 5.82 Å². The monoisotopic (exact) mass is 306 g/mol. The highest BCUT2D eigenvalue weighted by molar-refractivity contribution is 9.10. The predicted octanol–water partition coefficient (Wildman–Crippen LogP) is 3.30. The molecule has 94 valence electrons. The lowest BCUT2D eigenvalue weighted by atomic mass is 10.1. The van der Waals surface area contributed by atoms with Gasteiger partial charge in [-0.1, -0.05) is 30.3 Å². The summed E-state index contributed by atoms with van der Waals surface area (Å²) in [6.45, 7) is 2.45. The summed E-state index contributed by atoms with van der Waals surface area (Å²) in [7, 11) is 0. The second-order valence-electron chi connectivity index (χ2n) is 4.13. The topological polar surface area (TPSA) is 45.1 Å². The number of rotatable bonds is 4. The van der Waals surface area contributed by atoms with Gasteiger partial charge >= 0.3 is 0 Å². The van der Waals surface area contributed by atoms with Gasteiger partial charge in [-0.25, -0.2) is 4.98 Å². The second kappa shape index (κ2) is 5.98. The molecule has 0 spiro atoms. The zero-order valence-corrected chi connectivity index (χ0v) is 11.7. The largest absolute Gasteiger partial charge is 0.387 e. The Morgan fingerprint density at radius 3 is 2.72 bits per heavy atom. The van der Waals surface area contributed by atoms with Crippen molar-refractivity contribution in [2.24, 2.45) is 0 Å². The van der Waals surface area contributed by atoms with E-state index in [0.29, 0.717) is 6.54 Å². The third-order valence-corrected chi connectivity index (χ3v) is 3.54. The van der Waals surface area contributed by atoms with Gasteiger partial charge in [-0.15, -0.1) is 0 Å². The van der Waals surface area contributed by atoms with E-state index in [1.54, 1.807) is 6.20 Å². The minimum absolute atomic E-state index is 0.443. The van der Waals surface area contributed by atoms with Gasteiger partial charge in [0.05, 0.1) is 6.10 Å². The summed E-state index contributed by atoms with van der Waals surface area (Å²) in [6.07, 6.45) is 1.23. The Morgan fingerprint density at radius 2 is 2.06 bits per heavy atom. The number of hydrogen-bond acceptors (Lipinski definition) is 3. The van der Waals surface area contributed by atoms with E-state index in [-0.39, 0.29) is 0 Å². The van der Waals surface area contributed by atoms with Crippen molar-refractivity contribution in [2.45, 2.75) is 13.0 Å². The molecule has 1 atom stereocenters. The molecule has 2 rings (SSSR count). The number of nitrogens with one attached hydrogen (secondary N) is 1. The molecule has 0 saturated carbocycles. The SMILES string of the molecule is Cc1cc(NCC(O)c2ccccc2)ncc1Br. The maximum absolute atomic E-state index is 10.0. The molecule has 0 saturated heterocycles. The van der Waals surface area contributed by atoms with Crippen LogP contribution in [0.2, 0.25) is 0 Å². The van der Waals surface area contributed by atoms with Crippen LogP contribution >= 0.6 is 15.9 Å². The van der Waals surface area contributed by atoms with Gasteiger partial charge in [-0.05, 0) is 40.0 Å². The van der Waals surface area contributed by atoms with Crippen molar-refractivity contribution in [2.75, 3.05) is 11.9 Å². The van der Waals surface area contributed by atoms with E-state index in [9.17, 15) is 5.11 Å². The molecule has 18 heavy (non-hydrogen) atoms. The minimum atomic E-state index is -0.531. The highest BCUT2D eigenvalue weighted by atomic mass is 79.9. The highest BCUT2D eigenvalue weighted by Crippen LogP contribution is 2.18. The Morgan fingerprint density at radius 1 is 1.33 bits per heavy atom. The first kappa shape index (κ1) is 13.1.